The van der Waals surface area contributed by atoms with Gasteiger partial charge in [0.25, 0.3) is 0 Å². The van der Waals surface area contributed by atoms with E-state index in [2.05, 4.69) is 34.8 Å². The summed E-state index contributed by atoms with van der Waals surface area (Å²) in [5.41, 5.74) is 1.15. The Bertz CT molecular complexity index is 381. The number of aromatic nitrogens is 2. The molecule has 94 valence electrons. The molecule has 0 aliphatic carbocycles. The molecule has 4 heteroatoms. The average Bonchev–Trinajstić information content (AvgIpc) is 2.29. The van der Waals surface area contributed by atoms with Gasteiger partial charge in [-0.15, -0.1) is 0 Å². The number of hydrogen-bond acceptors (Lipinski definition) is 4. The monoisotopic (exact) mass is 235 g/mol. The van der Waals surface area contributed by atoms with Crippen molar-refractivity contribution in [3.8, 4) is 0 Å². The van der Waals surface area contributed by atoms with Crippen LogP contribution in [0.5, 0.6) is 0 Å². The molecule has 0 aromatic carbocycles. The normalized spacial score (nSPS) is 20.6. The molecule has 0 amide bonds. The highest BCUT2D eigenvalue weighted by Crippen LogP contribution is 2.18. The van der Waals surface area contributed by atoms with Gasteiger partial charge in [0.05, 0.1) is 19.3 Å². The SMILES string of the molecule is CCCc1cc(N2CCOC[C@H]2C)nc(C)n1. The van der Waals surface area contributed by atoms with Crippen molar-refractivity contribution in [2.24, 2.45) is 0 Å². The van der Waals surface area contributed by atoms with Gasteiger partial charge in [0.2, 0.25) is 0 Å². The zero-order valence-electron chi connectivity index (χ0n) is 10.9. The number of morpholine rings is 1. The van der Waals surface area contributed by atoms with Crippen molar-refractivity contribution in [1.82, 2.24) is 9.97 Å². The summed E-state index contributed by atoms with van der Waals surface area (Å²) in [4.78, 5) is 11.3. The Balaban J connectivity index is 2.24. The van der Waals surface area contributed by atoms with Crippen LogP contribution in [-0.2, 0) is 11.2 Å². The second kappa shape index (κ2) is 5.45. The van der Waals surface area contributed by atoms with Crippen molar-refractivity contribution in [1.29, 1.82) is 0 Å². The predicted molar refractivity (Wildman–Crippen MR) is 68.4 cm³/mol. The highest BCUT2D eigenvalue weighted by atomic mass is 16.5. The fraction of sp³-hybridized carbons (Fsp3) is 0.692. The first-order valence-corrected chi connectivity index (χ1v) is 6.39. The molecule has 1 saturated heterocycles. The van der Waals surface area contributed by atoms with E-state index >= 15 is 0 Å². The molecule has 4 nitrogen and oxygen atoms in total. The van der Waals surface area contributed by atoms with Crippen molar-refractivity contribution < 1.29 is 4.74 Å². The van der Waals surface area contributed by atoms with Gasteiger partial charge in [0.15, 0.2) is 0 Å². The maximum atomic E-state index is 5.46. The van der Waals surface area contributed by atoms with Crippen LogP contribution in [0.2, 0.25) is 0 Å². The summed E-state index contributed by atoms with van der Waals surface area (Å²) in [7, 11) is 0. The van der Waals surface area contributed by atoms with Crippen LogP contribution in [0, 0.1) is 6.92 Å². The number of nitrogens with zero attached hydrogens (tertiary/aromatic N) is 3. The maximum Gasteiger partial charge on any atom is 0.132 e. The highest BCUT2D eigenvalue weighted by molar-refractivity contribution is 5.41. The second-order valence-electron chi connectivity index (χ2n) is 4.63. The number of anilines is 1. The van der Waals surface area contributed by atoms with Gasteiger partial charge < -0.3 is 9.64 Å². The quantitative estimate of drug-likeness (QED) is 0.802. The summed E-state index contributed by atoms with van der Waals surface area (Å²) in [6, 6.07) is 2.52. The van der Waals surface area contributed by atoms with E-state index in [0.29, 0.717) is 6.04 Å². The molecule has 1 aliphatic heterocycles. The smallest absolute Gasteiger partial charge is 0.132 e. The van der Waals surface area contributed by atoms with E-state index in [1.807, 2.05) is 6.92 Å². The standard InChI is InChI=1S/C13H21N3O/c1-4-5-12-8-13(15-11(3)14-12)16-6-7-17-9-10(16)2/h8,10H,4-7,9H2,1-3H3/t10-/m1/s1. The minimum atomic E-state index is 0.396. The minimum Gasteiger partial charge on any atom is -0.377 e. The van der Waals surface area contributed by atoms with Crippen LogP contribution < -0.4 is 4.90 Å². The Morgan fingerprint density at radius 3 is 3.00 bits per heavy atom. The van der Waals surface area contributed by atoms with E-state index in [1.54, 1.807) is 0 Å². The topological polar surface area (TPSA) is 38.2 Å². The van der Waals surface area contributed by atoms with Gasteiger partial charge >= 0.3 is 0 Å². The Morgan fingerprint density at radius 2 is 2.29 bits per heavy atom. The highest BCUT2D eigenvalue weighted by Gasteiger charge is 2.20. The fourth-order valence-corrected chi connectivity index (χ4v) is 2.21. The maximum absolute atomic E-state index is 5.46. The first-order chi connectivity index (χ1) is 8.20. The van der Waals surface area contributed by atoms with Gasteiger partial charge in [-0.05, 0) is 20.3 Å². The third-order valence-electron chi connectivity index (χ3n) is 3.05. The van der Waals surface area contributed by atoms with Gasteiger partial charge in [0.1, 0.15) is 11.6 Å². The molecule has 1 aromatic rings. The molecule has 0 bridgehead atoms. The minimum absolute atomic E-state index is 0.396. The lowest BCUT2D eigenvalue weighted by atomic mass is 10.2. The summed E-state index contributed by atoms with van der Waals surface area (Å²) in [5, 5.41) is 0. The van der Waals surface area contributed by atoms with E-state index in [0.717, 1.165) is 49.9 Å². The summed E-state index contributed by atoms with van der Waals surface area (Å²) in [6.45, 7) is 8.81. The summed E-state index contributed by atoms with van der Waals surface area (Å²) < 4.78 is 5.46. The lowest BCUT2D eigenvalue weighted by Gasteiger charge is -2.34. The largest absolute Gasteiger partial charge is 0.377 e. The Morgan fingerprint density at radius 1 is 1.47 bits per heavy atom. The van der Waals surface area contributed by atoms with Crippen molar-refractivity contribution in [3.05, 3.63) is 17.6 Å². The summed E-state index contributed by atoms with van der Waals surface area (Å²) in [6.07, 6.45) is 2.14. The van der Waals surface area contributed by atoms with Crippen LogP contribution in [0.1, 0.15) is 31.8 Å². The van der Waals surface area contributed by atoms with E-state index in [-0.39, 0.29) is 0 Å². The van der Waals surface area contributed by atoms with Crippen molar-refractivity contribution in [3.63, 3.8) is 0 Å². The number of hydrogen-bond donors (Lipinski definition) is 0. The Kier molecular flexibility index (Phi) is 3.94. The van der Waals surface area contributed by atoms with Crippen molar-refractivity contribution in [2.45, 2.75) is 39.7 Å². The first-order valence-electron chi connectivity index (χ1n) is 6.39. The van der Waals surface area contributed by atoms with Gasteiger partial charge in [-0.3, -0.25) is 0 Å². The van der Waals surface area contributed by atoms with Crippen molar-refractivity contribution in [2.75, 3.05) is 24.7 Å². The third-order valence-corrected chi connectivity index (χ3v) is 3.05. The van der Waals surface area contributed by atoms with E-state index in [1.165, 1.54) is 0 Å². The lowest BCUT2D eigenvalue weighted by molar-refractivity contribution is 0.0985. The molecule has 17 heavy (non-hydrogen) atoms. The molecular formula is C13H21N3O. The molecule has 0 unspecified atom stereocenters. The van der Waals surface area contributed by atoms with E-state index in [4.69, 9.17) is 4.74 Å². The summed E-state index contributed by atoms with van der Waals surface area (Å²) >= 11 is 0. The molecule has 1 atom stereocenters. The van der Waals surface area contributed by atoms with Crippen LogP contribution >= 0.6 is 0 Å². The molecule has 2 rings (SSSR count). The first kappa shape index (κ1) is 12.3. The zero-order chi connectivity index (χ0) is 12.3. The molecule has 0 radical (unpaired) electrons. The van der Waals surface area contributed by atoms with Gasteiger partial charge in [-0.25, -0.2) is 9.97 Å². The van der Waals surface area contributed by atoms with Crippen LogP contribution in [0.4, 0.5) is 5.82 Å². The average molecular weight is 235 g/mol. The van der Waals surface area contributed by atoms with E-state index < -0.39 is 0 Å². The Hall–Kier alpha value is -1.16. The molecule has 1 aliphatic rings. The van der Waals surface area contributed by atoms with Crippen molar-refractivity contribution >= 4 is 5.82 Å². The van der Waals surface area contributed by atoms with Gasteiger partial charge in [-0.1, -0.05) is 13.3 Å². The fourth-order valence-electron chi connectivity index (χ4n) is 2.21. The molecule has 1 aromatic heterocycles. The molecule has 0 N–H and O–H groups in total. The third kappa shape index (κ3) is 2.94. The van der Waals surface area contributed by atoms with Crippen LogP contribution in [0.3, 0.4) is 0 Å². The van der Waals surface area contributed by atoms with Gasteiger partial charge in [-0.2, -0.15) is 0 Å². The number of ether oxygens (including phenoxy) is 1. The Labute approximate surface area is 103 Å². The molecule has 2 heterocycles. The van der Waals surface area contributed by atoms with Gasteiger partial charge in [0, 0.05) is 18.3 Å². The van der Waals surface area contributed by atoms with Crippen LogP contribution in [0.25, 0.3) is 0 Å². The van der Waals surface area contributed by atoms with Crippen LogP contribution in [0.15, 0.2) is 6.07 Å². The zero-order valence-corrected chi connectivity index (χ0v) is 10.9. The molecule has 1 fully saturated rings. The second-order valence-corrected chi connectivity index (χ2v) is 4.63. The summed E-state index contributed by atoms with van der Waals surface area (Å²) in [5.74, 6) is 1.92. The van der Waals surface area contributed by atoms with Crippen LogP contribution in [-0.4, -0.2) is 35.8 Å². The lowest BCUT2D eigenvalue weighted by Crippen LogP contribution is -2.44. The molecular weight excluding hydrogens is 214 g/mol. The predicted octanol–water partition coefficient (Wildman–Crippen LogP) is 1.96. The molecule has 0 spiro atoms. The molecule has 0 saturated carbocycles. The van der Waals surface area contributed by atoms with E-state index in [9.17, 15) is 0 Å². The number of aryl methyl sites for hydroxylation is 2. The number of rotatable bonds is 3.